The average Bonchev–Trinajstić information content (AvgIpc) is 2.92. The van der Waals surface area contributed by atoms with Crippen LogP contribution in [0.4, 0.5) is 25.1 Å². The molecule has 0 fully saturated rings. The zero-order valence-corrected chi connectivity index (χ0v) is 10.6. The number of nitrogens with zero attached hydrogens (tertiary/aromatic N) is 1. The zero-order valence-electron chi connectivity index (χ0n) is 10.6. The summed E-state index contributed by atoms with van der Waals surface area (Å²) in [6.07, 6.45) is 0. The standard InChI is InChI=1S/C12H7F2N3O5/c13-6-1-2-8(7(14)5-6)15-12(19)16-11(18)9-3-4-10(22-9)17(20)21/h1-5H,(H2,15,16,18,19). The summed E-state index contributed by atoms with van der Waals surface area (Å²) in [5.41, 5.74) is -0.350. The highest BCUT2D eigenvalue weighted by molar-refractivity contribution is 6.06. The molecule has 0 bridgehead atoms. The van der Waals surface area contributed by atoms with Crippen LogP contribution in [-0.2, 0) is 0 Å². The van der Waals surface area contributed by atoms with Crippen LogP contribution in [0.25, 0.3) is 0 Å². The Morgan fingerprint density at radius 2 is 1.91 bits per heavy atom. The van der Waals surface area contributed by atoms with E-state index in [9.17, 15) is 28.5 Å². The molecule has 0 radical (unpaired) electrons. The van der Waals surface area contributed by atoms with E-state index >= 15 is 0 Å². The minimum Gasteiger partial charge on any atom is -0.395 e. The number of nitrogens with one attached hydrogen (secondary N) is 2. The quantitative estimate of drug-likeness (QED) is 0.667. The van der Waals surface area contributed by atoms with Crippen molar-refractivity contribution in [2.45, 2.75) is 0 Å². The number of carbonyl (C=O) groups is 2. The molecule has 1 heterocycles. The van der Waals surface area contributed by atoms with E-state index in [2.05, 4.69) is 4.42 Å². The normalized spacial score (nSPS) is 10.1. The van der Waals surface area contributed by atoms with Crippen molar-refractivity contribution in [1.29, 1.82) is 0 Å². The maximum atomic E-state index is 13.3. The first-order valence-electron chi connectivity index (χ1n) is 5.68. The molecule has 8 nitrogen and oxygen atoms in total. The second-order valence-corrected chi connectivity index (χ2v) is 3.93. The fraction of sp³-hybridized carbons (Fsp3) is 0. The number of imide groups is 1. The van der Waals surface area contributed by atoms with Gasteiger partial charge in [-0.05, 0) is 18.2 Å². The Hall–Kier alpha value is -3.30. The minimum absolute atomic E-state index is 0.350. The van der Waals surface area contributed by atoms with Gasteiger partial charge in [0.2, 0.25) is 0 Å². The number of amides is 3. The SMILES string of the molecule is O=C(NC(=O)c1ccc([N+](=O)[O-])o1)Nc1ccc(F)cc1F. The highest BCUT2D eigenvalue weighted by atomic mass is 19.1. The molecule has 0 saturated carbocycles. The van der Waals surface area contributed by atoms with Crippen LogP contribution in [0, 0.1) is 21.7 Å². The smallest absolute Gasteiger partial charge is 0.395 e. The molecule has 0 aliphatic rings. The van der Waals surface area contributed by atoms with Crippen molar-refractivity contribution < 1.29 is 27.7 Å². The van der Waals surface area contributed by atoms with Gasteiger partial charge in [-0.2, -0.15) is 0 Å². The van der Waals surface area contributed by atoms with Gasteiger partial charge in [0.15, 0.2) is 5.76 Å². The molecule has 0 saturated heterocycles. The van der Waals surface area contributed by atoms with Gasteiger partial charge in [-0.15, -0.1) is 0 Å². The number of benzene rings is 1. The Morgan fingerprint density at radius 1 is 1.18 bits per heavy atom. The van der Waals surface area contributed by atoms with Crippen molar-refractivity contribution in [3.05, 3.63) is 57.8 Å². The van der Waals surface area contributed by atoms with Crippen LogP contribution in [0.15, 0.2) is 34.7 Å². The van der Waals surface area contributed by atoms with Gasteiger partial charge in [0.1, 0.15) is 16.6 Å². The molecule has 0 aliphatic carbocycles. The first-order chi connectivity index (χ1) is 10.4. The largest absolute Gasteiger partial charge is 0.433 e. The number of rotatable bonds is 3. The van der Waals surface area contributed by atoms with Crippen molar-refractivity contribution in [3.8, 4) is 0 Å². The van der Waals surface area contributed by atoms with Crippen molar-refractivity contribution >= 4 is 23.5 Å². The maximum Gasteiger partial charge on any atom is 0.433 e. The molecule has 2 rings (SSSR count). The molecule has 2 N–H and O–H groups in total. The Bertz CT molecular complexity index is 759. The summed E-state index contributed by atoms with van der Waals surface area (Å²) in [6, 6.07) is 3.25. The van der Waals surface area contributed by atoms with Crippen molar-refractivity contribution in [1.82, 2.24) is 5.32 Å². The van der Waals surface area contributed by atoms with E-state index in [0.717, 1.165) is 24.3 Å². The second-order valence-electron chi connectivity index (χ2n) is 3.93. The third kappa shape index (κ3) is 3.42. The molecule has 22 heavy (non-hydrogen) atoms. The van der Waals surface area contributed by atoms with E-state index in [1.165, 1.54) is 0 Å². The van der Waals surface area contributed by atoms with Crippen molar-refractivity contribution in [2.24, 2.45) is 0 Å². The molecule has 1 aromatic heterocycles. The summed E-state index contributed by atoms with van der Waals surface area (Å²) in [7, 11) is 0. The third-order valence-corrected chi connectivity index (χ3v) is 2.40. The highest BCUT2D eigenvalue weighted by Gasteiger charge is 2.19. The number of furan rings is 1. The number of hydrogen-bond donors (Lipinski definition) is 2. The van der Waals surface area contributed by atoms with Crippen LogP contribution in [0.2, 0.25) is 0 Å². The van der Waals surface area contributed by atoms with Crippen LogP contribution in [0.1, 0.15) is 10.6 Å². The number of anilines is 1. The first kappa shape index (κ1) is 15.1. The molecule has 3 amide bonds. The molecule has 0 unspecified atom stereocenters. The third-order valence-electron chi connectivity index (χ3n) is 2.40. The topological polar surface area (TPSA) is 114 Å². The van der Waals surface area contributed by atoms with Crippen LogP contribution in [0.3, 0.4) is 0 Å². The predicted octanol–water partition coefficient (Wildman–Crippen LogP) is 2.43. The lowest BCUT2D eigenvalue weighted by molar-refractivity contribution is -0.402. The summed E-state index contributed by atoms with van der Waals surface area (Å²) in [4.78, 5) is 32.6. The fourth-order valence-corrected chi connectivity index (χ4v) is 1.46. The summed E-state index contributed by atoms with van der Waals surface area (Å²) >= 11 is 0. The van der Waals surface area contributed by atoms with E-state index in [0.29, 0.717) is 6.07 Å². The van der Waals surface area contributed by atoms with Gasteiger partial charge in [-0.3, -0.25) is 20.2 Å². The number of urea groups is 1. The van der Waals surface area contributed by atoms with E-state index in [1.807, 2.05) is 5.32 Å². The molecule has 0 atom stereocenters. The Balaban J connectivity index is 2.01. The summed E-state index contributed by atoms with van der Waals surface area (Å²) in [5, 5.41) is 14.1. The molecule has 0 spiro atoms. The Morgan fingerprint density at radius 3 is 2.50 bits per heavy atom. The lowest BCUT2D eigenvalue weighted by Crippen LogP contribution is -2.34. The molecular formula is C12H7F2N3O5. The predicted molar refractivity (Wildman–Crippen MR) is 68.2 cm³/mol. The van der Waals surface area contributed by atoms with E-state index in [-0.39, 0.29) is 5.69 Å². The molecule has 10 heteroatoms. The number of hydrogen-bond acceptors (Lipinski definition) is 5. The van der Waals surface area contributed by atoms with Gasteiger partial charge >= 0.3 is 11.9 Å². The molecule has 114 valence electrons. The van der Waals surface area contributed by atoms with E-state index in [4.69, 9.17) is 0 Å². The summed E-state index contributed by atoms with van der Waals surface area (Å²) in [5.74, 6) is -4.07. The van der Waals surface area contributed by atoms with Crippen LogP contribution in [-0.4, -0.2) is 16.9 Å². The lowest BCUT2D eigenvalue weighted by atomic mass is 10.3. The minimum atomic E-state index is -1.12. The van der Waals surface area contributed by atoms with Gasteiger partial charge in [0, 0.05) is 6.07 Å². The van der Waals surface area contributed by atoms with Gasteiger partial charge in [0.25, 0.3) is 5.91 Å². The maximum absolute atomic E-state index is 13.3. The van der Waals surface area contributed by atoms with Gasteiger partial charge in [0.05, 0.1) is 11.8 Å². The molecular weight excluding hydrogens is 304 g/mol. The first-order valence-corrected chi connectivity index (χ1v) is 5.68. The lowest BCUT2D eigenvalue weighted by Gasteiger charge is -2.06. The highest BCUT2D eigenvalue weighted by Crippen LogP contribution is 2.16. The van der Waals surface area contributed by atoms with Crippen molar-refractivity contribution in [2.75, 3.05) is 5.32 Å². The molecule has 1 aromatic carbocycles. The zero-order chi connectivity index (χ0) is 16.3. The van der Waals surface area contributed by atoms with Gasteiger partial charge < -0.3 is 9.73 Å². The van der Waals surface area contributed by atoms with Gasteiger partial charge in [-0.25, -0.2) is 13.6 Å². The molecule has 0 aliphatic heterocycles. The van der Waals surface area contributed by atoms with E-state index in [1.54, 1.807) is 5.32 Å². The van der Waals surface area contributed by atoms with Crippen LogP contribution < -0.4 is 10.6 Å². The number of carbonyl (C=O) groups excluding carboxylic acids is 2. The Kier molecular flexibility index (Phi) is 4.11. The van der Waals surface area contributed by atoms with Crippen LogP contribution in [0.5, 0.6) is 0 Å². The monoisotopic (exact) mass is 311 g/mol. The number of halogens is 2. The van der Waals surface area contributed by atoms with Gasteiger partial charge in [-0.1, -0.05) is 0 Å². The summed E-state index contributed by atoms with van der Waals surface area (Å²) < 4.78 is 30.6. The fourth-order valence-electron chi connectivity index (χ4n) is 1.46. The summed E-state index contributed by atoms with van der Waals surface area (Å²) in [6.45, 7) is 0. The van der Waals surface area contributed by atoms with Crippen LogP contribution >= 0.6 is 0 Å². The average molecular weight is 311 g/mol. The van der Waals surface area contributed by atoms with Crippen molar-refractivity contribution in [3.63, 3.8) is 0 Å². The number of nitro groups is 1. The second kappa shape index (κ2) is 5.99. The Labute approximate surface area is 120 Å². The van der Waals surface area contributed by atoms with E-state index < -0.39 is 40.1 Å². The molecule has 2 aromatic rings.